The molecule has 3 aromatic heterocycles. The van der Waals surface area contributed by atoms with E-state index >= 15 is 0 Å². The van der Waals surface area contributed by atoms with Gasteiger partial charge >= 0.3 is 0 Å². The third-order valence-corrected chi connectivity index (χ3v) is 14.3. The van der Waals surface area contributed by atoms with E-state index in [-0.39, 0.29) is 0 Å². The number of fused-ring (bicyclic) bond motifs is 6. The van der Waals surface area contributed by atoms with E-state index < -0.39 is 0 Å². The molecule has 0 fully saturated rings. The Kier molecular flexibility index (Phi) is 11.0. The molecule has 7 nitrogen and oxygen atoms in total. The smallest absolute Gasteiger partial charge is 0.166 e. The van der Waals surface area contributed by atoms with Gasteiger partial charge in [0.05, 0.1) is 33.4 Å². The zero-order chi connectivity index (χ0) is 50.4. The summed E-state index contributed by atoms with van der Waals surface area (Å²) in [4.78, 5) is 20.8. The summed E-state index contributed by atoms with van der Waals surface area (Å²) in [7, 11) is 0. The van der Waals surface area contributed by atoms with E-state index in [1.165, 1.54) is 0 Å². The first-order valence-electron chi connectivity index (χ1n) is 25.6. The normalized spacial score (nSPS) is 11.4. The highest BCUT2D eigenvalue weighted by Crippen LogP contribution is 2.44. The van der Waals surface area contributed by atoms with E-state index in [1.54, 1.807) is 0 Å². The maximum Gasteiger partial charge on any atom is 0.166 e. The van der Waals surface area contributed by atoms with Crippen LogP contribution in [0.3, 0.4) is 0 Å². The highest BCUT2D eigenvalue weighted by Gasteiger charge is 2.24. The van der Waals surface area contributed by atoms with Gasteiger partial charge in [0, 0.05) is 72.4 Å². The first-order chi connectivity index (χ1) is 37.7. The van der Waals surface area contributed by atoms with Crippen LogP contribution >= 0.6 is 0 Å². The van der Waals surface area contributed by atoms with Crippen LogP contribution in [0.1, 0.15) is 0 Å². The topological polar surface area (TPSA) is 55.0 Å². The Balaban J connectivity index is 0.944. The molecule has 0 radical (unpaired) electrons. The average Bonchev–Trinajstić information content (AvgIpc) is 4.11. The fraction of sp³-hybridized carbons (Fsp3) is 0. The Bertz CT molecular complexity index is 4060. The SMILES string of the molecule is c1ccc(-c2nc(-c3ccccc3-n3c4ccccc4c4cc(N(c5ccccc5)c5ccccc5)ccc43)nc(-c3ccccc3-n3c4ccccc4c4cc(N(c5ccccc5)c5ccccc5)ccc43)n2)cc1. The Labute approximate surface area is 440 Å². The number of aromatic nitrogens is 5. The van der Waals surface area contributed by atoms with Gasteiger partial charge in [0.1, 0.15) is 0 Å². The Hall–Kier alpha value is -10.4. The van der Waals surface area contributed by atoms with Gasteiger partial charge < -0.3 is 18.9 Å². The van der Waals surface area contributed by atoms with E-state index in [0.29, 0.717) is 17.5 Å². The molecule has 0 bridgehead atoms. The Morgan fingerprint density at radius 2 is 0.553 bits per heavy atom. The van der Waals surface area contributed by atoms with Crippen molar-refractivity contribution in [2.24, 2.45) is 0 Å². The van der Waals surface area contributed by atoms with Crippen LogP contribution in [0.5, 0.6) is 0 Å². The molecule has 358 valence electrons. The molecule has 7 heteroatoms. The number of nitrogens with zero attached hydrogens (tertiary/aromatic N) is 7. The van der Waals surface area contributed by atoms with E-state index in [0.717, 1.165) is 106 Å². The van der Waals surface area contributed by atoms with Crippen LogP contribution in [-0.2, 0) is 0 Å². The maximum atomic E-state index is 5.51. The molecule has 0 unspecified atom stereocenters. The molecule has 0 aliphatic carbocycles. The number of hydrogen-bond acceptors (Lipinski definition) is 5. The van der Waals surface area contributed by atoms with Crippen LogP contribution < -0.4 is 9.80 Å². The summed E-state index contributed by atoms with van der Waals surface area (Å²) in [6.07, 6.45) is 0. The number of benzene rings is 11. The molecule has 0 saturated heterocycles. The second-order valence-corrected chi connectivity index (χ2v) is 18.8. The van der Waals surface area contributed by atoms with E-state index in [2.05, 4.69) is 286 Å². The number of anilines is 6. The zero-order valence-corrected chi connectivity index (χ0v) is 41.3. The predicted octanol–water partition coefficient (Wildman–Crippen LogP) is 18.0. The molecule has 14 aromatic rings. The molecule has 11 aromatic carbocycles. The molecular formula is C69H47N7. The third kappa shape index (κ3) is 7.74. The van der Waals surface area contributed by atoms with Gasteiger partial charge in [-0.05, 0) is 121 Å². The Morgan fingerprint density at radius 3 is 0.961 bits per heavy atom. The highest BCUT2D eigenvalue weighted by molar-refractivity contribution is 6.12. The van der Waals surface area contributed by atoms with Crippen molar-refractivity contribution >= 4 is 77.7 Å². The van der Waals surface area contributed by atoms with Crippen molar-refractivity contribution in [2.45, 2.75) is 0 Å². The summed E-state index contributed by atoms with van der Waals surface area (Å²) < 4.78 is 4.73. The van der Waals surface area contributed by atoms with E-state index in [1.807, 2.05) is 18.2 Å². The summed E-state index contributed by atoms with van der Waals surface area (Å²) in [6.45, 7) is 0. The van der Waals surface area contributed by atoms with Gasteiger partial charge in [-0.3, -0.25) is 0 Å². The predicted molar refractivity (Wildman–Crippen MR) is 314 cm³/mol. The van der Waals surface area contributed by atoms with Crippen molar-refractivity contribution in [3.8, 4) is 45.5 Å². The lowest BCUT2D eigenvalue weighted by molar-refractivity contribution is 1.06. The molecule has 76 heavy (non-hydrogen) atoms. The van der Waals surface area contributed by atoms with Gasteiger partial charge in [-0.1, -0.05) is 164 Å². The largest absolute Gasteiger partial charge is 0.310 e. The van der Waals surface area contributed by atoms with Crippen LogP contribution in [0, 0.1) is 0 Å². The van der Waals surface area contributed by atoms with Crippen molar-refractivity contribution in [3.63, 3.8) is 0 Å². The van der Waals surface area contributed by atoms with E-state index in [9.17, 15) is 0 Å². The van der Waals surface area contributed by atoms with Gasteiger partial charge in [-0.25, -0.2) is 15.0 Å². The van der Waals surface area contributed by atoms with Crippen molar-refractivity contribution in [1.29, 1.82) is 0 Å². The molecule has 0 aliphatic heterocycles. The first kappa shape index (κ1) is 44.3. The van der Waals surface area contributed by atoms with Crippen molar-refractivity contribution < 1.29 is 0 Å². The quantitative estimate of drug-likeness (QED) is 0.129. The van der Waals surface area contributed by atoms with Gasteiger partial charge in [-0.2, -0.15) is 0 Å². The minimum atomic E-state index is 0.574. The second-order valence-electron chi connectivity index (χ2n) is 18.8. The first-order valence-corrected chi connectivity index (χ1v) is 25.6. The summed E-state index contributed by atoms with van der Waals surface area (Å²) in [6, 6.07) is 100. The third-order valence-electron chi connectivity index (χ3n) is 14.3. The number of para-hydroxylation sites is 8. The fourth-order valence-electron chi connectivity index (χ4n) is 11.0. The molecule has 0 spiro atoms. The van der Waals surface area contributed by atoms with E-state index in [4.69, 9.17) is 15.0 Å². The summed E-state index contributed by atoms with van der Waals surface area (Å²) in [5, 5.41) is 4.58. The van der Waals surface area contributed by atoms with Crippen LogP contribution in [0.4, 0.5) is 34.1 Å². The fourth-order valence-corrected chi connectivity index (χ4v) is 11.0. The molecule has 0 atom stereocenters. The molecule has 0 saturated carbocycles. The molecule has 3 heterocycles. The van der Waals surface area contributed by atoms with Gasteiger partial charge in [0.2, 0.25) is 0 Å². The lowest BCUT2D eigenvalue weighted by atomic mass is 10.1. The molecular weight excluding hydrogens is 927 g/mol. The molecule has 14 rings (SSSR count). The minimum absolute atomic E-state index is 0.574. The summed E-state index contributed by atoms with van der Waals surface area (Å²) in [5.41, 5.74) is 15.4. The number of hydrogen-bond donors (Lipinski definition) is 0. The lowest BCUT2D eigenvalue weighted by Gasteiger charge is -2.25. The number of rotatable bonds is 11. The second kappa shape index (κ2) is 18.9. The molecule has 0 amide bonds. The van der Waals surface area contributed by atoms with Crippen LogP contribution in [-0.4, -0.2) is 24.1 Å². The molecule has 0 N–H and O–H groups in total. The van der Waals surface area contributed by atoms with Crippen molar-refractivity contribution in [1.82, 2.24) is 24.1 Å². The summed E-state index contributed by atoms with van der Waals surface area (Å²) in [5.74, 6) is 1.74. The van der Waals surface area contributed by atoms with Crippen LogP contribution in [0.25, 0.3) is 89.2 Å². The monoisotopic (exact) mass is 973 g/mol. The van der Waals surface area contributed by atoms with Gasteiger partial charge in [0.25, 0.3) is 0 Å². The van der Waals surface area contributed by atoms with Gasteiger partial charge in [0.15, 0.2) is 17.5 Å². The van der Waals surface area contributed by atoms with Crippen LogP contribution in [0.2, 0.25) is 0 Å². The Morgan fingerprint density at radius 1 is 0.237 bits per heavy atom. The lowest BCUT2D eigenvalue weighted by Crippen LogP contribution is -2.09. The zero-order valence-electron chi connectivity index (χ0n) is 41.3. The van der Waals surface area contributed by atoms with Crippen molar-refractivity contribution in [3.05, 3.63) is 285 Å². The maximum absolute atomic E-state index is 5.51. The minimum Gasteiger partial charge on any atom is -0.310 e. The standard InChI is InChI=1S/C69H47N7/c1-6-24-48(25-7-1)67-70-68(57-36-18-22-40-63(57)75-61-38-20-16-34-55(61)59-46-53(42-44-65(59)75)73(49-26-8-2-9-27-49)50-28-10-3-11-29-50)72-69(71-67)58-37-19-23-41-64(58)76-62-39-21-17-35-56(62)60-47-54(43-45-66(60)76)74(51-30-12-4-13-31-51)52-32-14-5-15-33-52/h1-47H. The van der Waals surface area contributed by atoms with Crippen molar-refractivity contribution in [2.75, 3.05) is 9.80 Å². The van der Waals surface area contributed by atoms with Crippen LogP contribution in [0.15, 0.2) is 285 Å². The summed E-state index contributed by atoms with van der Waals surface area (Å²) >= 11 is 0. The molecule has 0 aliphatic rings. The van der Waals surface area contributed by atoms with Gasteiger partial charge in [-0.15, -0.1) is 0 Å². The average molecular weight is 974 g/mol. The highest BCUT2D eigenvalue weighted by atomic mass is 15.2.